The van der Waals surface area contributed by atoms with Crippen molar-refractivity contribution < 1.29 is 43.2 Å². The van der Waals surface area contributed by atoms with Crippen molar-refractivity contribution in [3.8, 4) is 12.3 Å². The number of nitrogens with zero attached hydrogens (tertiary/aromatic N) is 4. The van der Waals surface area contributed by atoms with E-state index in [1.54, 1.807) is 24.3 Å². The molecule has 0 unspecified atom stereocenters. The number of halogens is 1. The first-order valence-electron chi connectivity index (χ1n) is 19.6. The standard InChI is InChI=1S/C41H54ClN5O9/c1-4-6-7-8-9-10-11-12-13-14-15-16-17-22-33(49)54-26-29-20-18-19-21-30(29)39(52)55-27-41(5-2,53-3)32(48)25-47-28-43-35-36(45-40(42)46-37(35)47)44-38(51)31-23-24-34(50)56-31/h2,18-21,28,31-32,48H,4,6-17,22-27H2,1,3H3,(H,44,45,46,51)/t31-,32+,41-/m1/s1. The van der Waals surface area contributed by atoms with Crippen LogP contribution in [0.5, 0.6) is 0 Å². The van der Waals surface area contributed by atoms with Crippen molar-refractivity contribution in [2.24, 2.45) is 0 Å². The second kappa shape index (κ2) is 22.8. The van der Waals surface area contributed by atoms with E-state index in [1.165, 1.54) is 82.2 Å². The molecular formula is C41H54ClN5O9. The lowest BCUT2D eigenvalue weighted by Crippen LogP contribution is -2.49. The Hall–Kier alpha value is -4.58. The first kappa shape index (κ1) is 44.1. The summed E-state index contributed by atoms with van der Waals surface area (Å²) in [6, 6.07) is 6.60. The maximum absolute atomic E-state index is 13.3. The van der Waals surface area contributed by atoms with Gasteiger partial charge in [0.2, 0.25) is 5.28 Å². The predicted octanol–water partition coefficient (Wildman–Crippen LogP) is 6.88. The van der Waals surface area contributed by atoms with Gasteiger partial charge in [-0.3, -0.25) is 14.4 Å². The van der Waals surface area contributed by atoms with Crippen LogP contribution in [-0.2, 0) is 46.5 Å². The van der Waals surface area contributed by atoms with Crippen LogP contribution >= 0.6 is 11.6 Å². The number of aliphatic hydroxyl groups is 1. The lowest BCUT2D eigenvalue weighted by Gasteiger charge is -2.31. The van der Waals surface area contributed by atoms with Gasteiger partial charge in [0.25, 0.3) is 5.91 Å². The SMILES string of the molecule is C#C[C@](COC(=O)c1ccccc1COC(=O)CCCCCCCCCCCCCCC)(OC)[C@@H](O)Cn1cnc2c(NC(=O)[C@H]3CCC(=O)O3)nc(Cl)nc21. The number of aliphatic hydroxyl groups excluding tert-OH is 1. The minimum atomic E-state index is -1.80. The number of terminal acetylenes is 1. The number of carbonyl (C=O) groups is 4. The molecule has 1 aliphatic heterocycles. The van der Waals surface area contributed by atoms with Gasteiger partial charge in [-0.2, -0.15) is 9.97 Å². The number of aromatic nitrogens is 4. The molecule has 0 aliphatic carbocycles. The number of anilines is 1. The molecule has 1 saturated heterocycles. The van der Waals surface area contributed by atoms with Gasteiger partial charge in [-0.15, -0.1) is 6.42 Å². The number of rotatable bonds is 25. The summed E-state index contributed by atoms with van der Waals surface area (Å²) >= 11 is 6.16. The number of hydrogen-bond acceptors (Lipinski definition) is 12. The lowest BCUT2D eigenvalue weighted by atomic mass is 9.98. The molecule has 4 rings (SSSR count). The van der Waals surface area contributed by atoms with Crippen LogP contribution in [0.2, 0.25) is 5.28 Å². The predicted molar refractivity (Wildman–Crippen MR) is 209 cm³/mol. The van der Waals surface area contributed by atoms with Crippen LogP contribution in [0.1, 0.15) is 126 Å². The maximum Gasteiger partial charge on any atom is 0.338 e. The number of carbonyl (C=O) groups excluding carboxylic acids is 4. The van der Waals surface area contributed by atoms with Gasteiger partial charge in [-0.1, -0.05) is 108 Å². The smallest absolute Gasteiger partial charge is 0.338 e. The normalized spacial score (nSPS) is 15.5. The van der Waals surface area contributed by atoms with Crippen LogP contribution in [0.15, 0.2) is 30.6 Å². The second-order valence-electron chi connectivity index (χ2n) is 14.1. The van der Waals surface area contributed by atoms with Gasteiger partial charge in [0, 0.05) is 31.9 Å². The molecule has 304 valence electrons. The quantitative estimate of drug-likeness (QED) is 0.0299. The Kier molecular flexibility index (Phi) is 18.0. The van der Waals surface area contributed by atoms with Crippen LogP contribution in [0.3, 0.4) is 0 Å². The number of fused-ring (bicyclic) bond motifs is 1. The van der Waals surface area contributed by atoms with E-state index in [4.69, 9.17) is 37.0 Å². The third-order valence-electron chi connectivity index (χ3n) is 9.90. The minimum absolute atomic E-state index is 0.0194. The molecule has 1 aliphatic rings. The number of amides is 1. The summed E-state index contributed by atoms with van der Waals surface area (Å²) in [7, 11) is 1.27. The Labute approximate surface area is 333 Å². The molecule has 56 heavy (non-hydrogen) atoms. The average Bonchev–Trinajstić information content (AvgIpc) is 3.82. The van der Waals surface area contributed by atoms with E-state index < -0.39 is 42.3 Å². The third kappa shape index (κ3) is 13.0. The largest absolute Gasteiger partial charge is 0.461 e. The Morgan fingerprint density at radius 2 is 1.70 bits per heavy atom. The van der Waals surface area contributed by atoms with E-state index in [0.717, 1.165) is 19.3 Å². The van der Waals surface area contributed by atoms with Gasteiger partial charge in [-0.05, 0) is 24.1 Å². The fourth-order valence-corrected chi connectivity index (χ4v) is 6.65. The van der Waals surface area contributed by atoms with Crippen LogP contribution in [0, 0.1) is 12.3 Å². The van der Waals surface area contributed by atoms with E-state index in [2.05, 4.69) is 33.1 Å². The molecule has 0 radical (unpaired) electrons. The number of imidazole rings is 1. The fourth-order valence-electron chi connectivity index (χ4n) is 6.48. The molecule has 2 N–H and O–H groups in total. The van der Waals surface area contributed by atoms with E-state index in [9.17, 15) is 24.3 Å². The Bertz CT molecular complexity index is 1810. The summed E-state index contributed by atoms with van der Waals surface area (Å²) in [6.07, 6.45) is 21.2. The summed E-state index contributed by atoms with van der Waals surface area (Å²) < 4.78 is 23.1. The number of cyclic esters (lactones) is 1. The summed E-state index contributed by atoms with van der Waals surface area (Å²) in [5.41, 5.74) is -0.875. The molecule has 3 aromatic rings. The van der Waals surface area contributed by atoms with E-state index in [0.29, 0.717) is 12.0 Å². The van der Waals surface area contributed by atoms with Crippen molar-refractivity contribution in [1.29, 1.82) is 0 Å². The molecule has 1 amide bonds. The monoisotopic (exact) mass is 795 g/mol. The van der Waals surface area contributed by atoms with Gasteiger partial charge < -0.3 is 33.9 Å². The Morgan fingerprint density at radius 3 is 2.32 bits per heavy atom. The van der Waals surface area contributed by atoms with Gasteiger partial charge in [-0.25, -0.2) is 9.78 Å². The number of esters is 3. The van der Waals surface area contributed by atoms with Crippen molar-refractivity contribution in [3.05, 3.63) is 47.0 Å². The molecule has 3 atom stereocenters. The molecule has 0 bridgehead atoms. The van der Waals surface area contributed by atoms with Crippen LogP contribution in [0.4, 0.5) is 5.82 Å². The Morgan fingerprint density at radius 1 is 1.04 bits per heavy atom. The van der Waals surface area contributed by atoms with Gasteiger partial charge in [0.05, 0.1) is 18.4 Å². The van der Waals surface area contributed by atoms with Crippen LogP contribution in [-0.4, -0.2) is 80.0 Å². The molecule has 0 spiro atoms. The van der Waals surface area contributed by atoms with Crippen LogP contribution < -0.4 is 5.32 Å². The zero-order valence-electron chi connectivity index (χ0n) is 32.4. The molecular weight excluding hydrogens is 742 g/mol. The zero-order chi connectivity index (χ0) is 40.3. The highest BCUT2D eigenvalue weighted by Crippen LogP contribution is 2.26. The van der Waals surface area contributed by atoms with Gasteiger partial charge in [0.1, 0.15) is 19.3 Å². The van der Waals surface area contributed by atoms with Gasteiger partial charge in [0.15, 0.2) is 28.7 Å². The van der Waals surface area contributed by atoms with Crippen LogP contribution in [0.25, 0.3) is 11.2 Å². The molecule has 14 nitrogen and oxygen atoms in total. The third-order valence-corrected chi connectivity index (χ3v) is 10.1. The first-order valence-corrected chi connectivity index (χ1v) is 20.0. The van der Waals surface area contributed by atoms with E-state index in [-0.39, 0.29) is 59.8 Å². The second-order valence-corrected chi connectivity index (χ2v) is 14.4. The molecule has 3 heterocycles. The highest BCUT2D eigenvalue weighted by molar-refractivity contribution is 6.28. The molecule has 15 heteroatoms. The van der Waals surface area contributed by atoms with E-state index in [1.807, 2.05) is 0 Å². The molecule has 0 saturated carbocycles. The summed E-state index contributed by atoms with van der Waals surface area (Å²) in [5, 5.41) is 13.7. The van der Waals surface area contributed by atoms with Crippen molar-refractivity contribution in [3.63, 3.8) is 0 Å². The maximum atomic E-state index is 13.3. The van der Waals surface area contributed by atoms with Crippen molar-refractivity contribution in [2.45, 2.75) is 141 Å². The average molecular weight is 796 g/mol. The number of benzene rings is 1. The number of unbranched alkanes of at least 4 members (excludes halogenated alkanes) is 12. The van der Waals surface area contributed by atoms with Crippen molar-refractivity contribution in [2.75, 3.05) is 19.0 Å². The molecule has 1 aromatic carbocycles. The highest BCUT2D eigenvalue weighted by atomic mass is 35.5. The zero-order valence-corrected chi connectivity index (χ0v) is 33.2. The number of hydrogen-bond donors (Lipinski definition) is 2. The molecule has 2 aromatic heterocycles. The minimum Gasteiger partial charge on any atom is -0.461 e. The summed E-state index contributed by atoms with van der Waals surface area (Å²) in [6.45, 7) is 1.36. The highest BCUT2D eigenvalue weighted by Gasteiger charge is 2.39. The summed E-state index contributed by atoms with van der Waals surface area (Å²) in [5.74, 6) is 0.230. The van der Waals surface area contributed by atoms with Crippen molar-refractivity contribution >= 4 is 52.4 Å². The topological polar surface area (TPSA) is 181 Å². The number of methoxy groups -OCH3 is 1. The fraction of sp³-hybridized carbons (Fsp3) is 0.585. The molecule has 1 fully saturated rings. The first-order chi connectivity index (χ1) is 27.1. The van der Waals surface area contributed by atoms with Crippen molar-refractivity contribution in [1.82, 2.24) is 19.5 Å². The Balaban J connectivity index is 1.25. The van der Waals surface area contributed by atoms with Gasteiger partial charge >= 0.3 is 17.9 Å². The number of nitrogens with one attached hydrogen (secondary N) is 1. The lowest BCUT2D eigenvalue weighted by molar-refractivity contribution is -0.146. The van der Waals surface area contributed by atoms with E-state index >= 15 is 0 Å². The summed E-state index contributed by atoms with van der Waals surface area (Å²) in [4.78, 5) is 62.5. The number of ether oxygens (including phenoxy) is 4.